The summed E-state index contributed by atoms with van der Waals surface area (Å²) in [6.07, 6.45) is 12.7. The first kappa shape index (κ1) is 25.8. The van der Waals surface area contributed by atoms with Crippen molar-refractivity contribution in [3.05, 3.63) is 11.6 Å². The Labute approximate surface area is 214 Å². The lowest BCUT2D eigenvalue weighted by Gasteiger charge is -2.71. The highest BCUT2D eigenvalue weighted by Crippen LogP contribution is 2.75. The Morgan fingerprint density at radius 2 is 1.60 bits per heavy atom. The number of hydrogen-bond acceptors (Lipinski definition) is 3. The molecule has 0 aromatic rings. The maximum atomic E-state index is 12.1. The van der Waals surface area contributed by atoms with Crippen molar-refractivity contribution in [2.45, 2.75) is 132 Å². The second-order valence-corrected chi connectivity index (χ2v) is 16.0. The van der Waals surface area contributed by atoms with E-state index in [1.165, 1.54) is 45.4 Å². The third-order valence-electron chi connectivity index (χ3n) is 13.1. The number of aliphatic hydroxyl groups is 1. The normalized spacial score (nSPS) is 52.2. The minimum atomic E-state index is -0.340. The molecule has 9 atom stereocenters. The van der Waals surface area contributed by atoms with Crippen LogP contribution in [0.1, 0.15) is 120 Å². The molecular formula is C32H52O3. The summed E-state index contributed by atoms with van der Waals surface area (Å²) < 4.78 is 5.86. The van der Waals surface area contributed by atoms with Gasteiger partial charge in [-0.25, -0.2) is 0 Å². The number of hydrogen-bond donors (Lipinski definition) is 1. The molecule has 5 aliphatic rings. The van der Waals surface area contributed by atoms with Crippen LogP contribution in [0, 0.1) is 50.2 Å². The highest BCUT2D eigenvalue weighted by atomic mass is 16.5. The molecule has 4 fully saturated rings. The number of ether oxygens (including phenoxy) is 1. The third-order valence-corrected chi connectivity index (χ3v) is 13.1. The first-order valence-corrected chi connectivity index (χ1v) is 14.6. The van der Waals surface area contributed by atoms with Gasteiger partial charge in [-0.15, -0.1) is 0 Å². The Kier molecular flexibility index (Phi) is 5.61. The number of esters is 1. The Balaban J connectivity index is 1.55. The van der Waals surface area contributed by atoms with Crippen molar-refractivity contribution in [2.75, 3.05) is 0 Å². The van der Waals surface area contributed by atoms with Crippen molar-refractivity contribution in [1.29, 1.82) is 0 Å². The zero-order valence-corrected chi connectivity index (χ0v) is 24.1. The van der Waals surface area contributed by atoms with Crippen LogP contribution in [-0.4, -0.2) is 23.3 Å². The standard InChI is InChI=1S/C32H52O3/c1-20(33)35-26-12-15-30(7)22-11-14-31(8)21(32(22,9)25(34)18-23(30)28(26,4)5)10-13-29(6)17-16-27(2,3)19-24(29)31/h10,22-26,34H,11-19H2,1-9H3/t22-,23+,24-,25-,26+,29+,30-,31-,32+/m1/s1. The molecule has 35 heavy (non-hydrogen) atoms. The summed E-state index contributed by atoms with van der Waals surface area (Å²) in [5.74, 6) is 1.35. The fourth-order valence-electron chi connectivity index (χ4n) is 11.1. The van der Waals surface area contributed by atoms with Crippen molar-refractivity contribution in [3.63, 3.8) is 0 Å². The highest BCUT2D eigenvalue weighted by Gasteiger charge is 2.69. The van der Waals surface area contributed by atoms with Crippen LogP contribution < -0.4 is 0 Å². The lowest BCUT2D eigenvalue weighted by Crippen LogP contribution is -2.67. The molecule has 1 N–H and O–H groups in total. The molecule has 3 nitrogen and oxygen atoms in total. The van der Waals surface area contributed by atoms with E-state index in [0.717, 1.165) is 19.3 Å². The van der Waals surface area contributed by atoms with Crippen LogP contribution in [-0.2, 0) is 9.53 Å². The van der Waals surface area contributed by atoms with E-state index in [1.807, 2.05) is 0 Å². The van der Waals surface area contributed by atoms with Crippen LogP contribution in [0.15, 0.2) is 11.6 Å². The number of allylic oxidation sites excluding steroid dienone is 1. The van der Waals surface area contributed by atoms with Gasteiger partial charge in [-0.2, -0.15) is 0 Å². The van der Waals surface area contributed by atoms with Gasteiger partial charge in [0.05, 0.1) is 6.10 Å². The molecule has 0 bridgehead atoms. The lowest BCUT2D eigenvalue weighted by atomic mass is 9.34. The molecule has 4 saturated carbocycles. The molecule has 0 amide bonds. The van der Waals surface area contributed by atoms with Gasteiger partial charge in [0, 0.05) is 17.8 Å². The van der Waals surface area contributed by atoms with E-state index in [9.17, 15) is 9.90 Å². The van der Waals surface area contributed by atoms with Crippen LogP contribution in [0.2, 0.25) is 0 Å². The van der Waals surface area contributed by atoms with E-state index >= 15 is 0 Å². The molecule has 5 rings (SSSR count). The molecule has 0 aromatic heterocycles. The molecule has 0 aromatic carbocycles. The Morgan fingerprint density at radius 1 is 0.914 bits per heavy atom. The quantitative estimate of drug-likeness (QED) is 0.306. The monoisotopic (exact) mass is 484 g/mol. The molecule has 3 heteroatoms. The van der Waals surface area contributed by atoms with Crippen LogP contribution in [0.3, 0.4) is 0 Å². The SMILES string of the molecule is CC(=O)O[C@H]1CC[C@]2(C)[C@H]3CC[C@]4(C)C(=CC[C@@]5(C)CCC(C)(C)C[C@H]54)[C@]3(C)[C@H](O)C[C@H]2C1(C)C. The summed E-state index contributed by atoms with van der Waals surface area (Å²) >= 11 is 0. The van der Waals surface area contributed by atoms with Crippen molar-refractivity contribution in [3.8, 4) is 0 Å². The summed E-state index contributed by atoms with van der Waals surface area (Å²) in [5.41, 5.74) is 2.46. The third kappa shape index (κ3) is 3.41. The minimum absolute atomic E-state index is 0.0532. The molecule has 0 spiro atoms. The predicted octanol–water partition coefficient (Wildman–Crippen LogP) is 7.71. The van der Waals surface area contributed by atoms with E-state index < -0.39 is 0 Å². The van der Waals surface area contributed by atoms with Gasteiger partial charge >= 0.3 is 5.97 Å². The zero-order valence-electron chi connectivity index (χ0n) is 24.1. The average Bonchev–Trinajstić information content (AvgIpc) is 2.73. The first-order valence-electron chi connectivity index (χ1n) is 14.6. The van der Waals surface area contributed by atoms with E-state index in [2.05, 4.69) is 61.5 Å². The number of rotatable bonds is 1. The molecule has 198 valence electrons. The van der Waals surface area contributed by atoms with Gasteiger partial charge in [0.15, 0.2) is 0 Å². The van der Waals surface area contributed by atoms with E-state index in [-0.39, 0.29) is 39.8 Å². The summed E-state index contributed by atoms with van der Waals surface area (Å²) in [6.45, 7) is 21.2. The van der Waals surface area contributed by atoms with Crippen molar-refractivity contribution in [1.82, 2.24) is 0 Å². The van der Waals surface area contributed by atoms with Gasteiger partial charge in [-0.1, -0.05) is 67.0 Å². The highest BCUT2D eigenvalue weighted by molar-refractivity contribution is 5.66. The Hall–Kier alpha value is -0.830. The van der Waals surface area contributed by atoms with Gasteiger partial charge in [0.25, 0.3) is 0 Å². The van der Waals surface area contributed by atoms with Crippen LogP contribution >= 0.6 is 0 Å². The molecular weight excluding hydrogens is 432 g/mol. The summed E-state index contributed by atoms with van der Waals surface area (Å²) in [5, 5.41) is 12.1. The molecule has 0 heterocycles. The Bertz CT molecular complexity index is 931. The number of aliphatic hydroxyl groups excluding tert-OH is 1. The van der Waals surface area contributed by atoms with E-state index in [1.54, 1.807) is 5.57 Å². The molecule has 5 aliphatic carbocycles. The van der Waals surface area contributed by atoms with Gasteiger partial charge in [0.1, 0.15) is 6.10 Å². The summed E-state index contributed by atoms with van der Waals surface area (Å²) in [7, 11) is 0. The second kappa shape index (κ2) is 7.61. The van der Waals surface area contributed by atoms with E-state index in [0.29, 0.717) is 28.6 Å². The predicted molar refractivity (Wildman–Crippen MR) is 142 cm³/mol. The first-order chi connectivity index (χ1) is 16.0. The van der Waals surface area contributed by atoms with Crippen LogP contribution in [0.4, 0.5) is 0 Å². The van der Waals surface area contributed by atoms with Gasteiger partial charge in [-0.3, -0.25) is 4.79 Å². The molecule has 0 unspecified atom stereocenters. The number of fused-ring (bicyclic) bond motifs is 7. The van der Waals surface area contributed by atoms with Gasteiger partial charge in [0.2, 0.25) is 0 Å². The number of carbonyl (C=O) groups is 1. The summed E-state index contributed by atoms with van der Waals surface area (Å²) in [6, 6.07) is 0. The number of carbonyl (C=O) groups excluding carboxylic acids is 1. The van der Waals surface area contributed by atoms with Crippen LogP contribution in [0.25, 0.3) is 0 Å². The second-order valence-electron chi connectivity index (χ2n) is 16.0. The summed E-state index contributed by atoms with van der Waals surface area (Å²) in [4.78, 5) is 11.9. The van der Waals surface area contributed by atoms with Gasteiger partial charge in [-0.05, 0) is 97.2 Å². The zero-order chi connectivity index (χ0) is 25.8. The fraction of sp³-hybridized carbons (Fsp3) is 0.906. The van der Waals surface area contributed by atoms with E-state index in [4.69, 9.17) is 4.74 Å². The average molecular weight is 485 g/mol. The largest absolute Gasteiger partial charge is 0.462 e. The minimum Gasteiger partial charge on any atom is -0.462 e. The van der Waals surface area contributed by atoms with Crippen molar-refractivity contribution in [2.24, 2.45) is 50.2 Å². The molecule has 0 aliphatic heterocycles. The lowest BCUT2D eigenvalue weighted by molar-refractivity contribution is -0.224. The molecule has 0 radical (unpaired) electrons. The topological polar surface area (TPSA) is 46.5 Å². The van der Waals surface area contributed by atoms with Gasteiger partial charge < -0.3 is 9.84 Å². The Morgan fingerprint density at radius 3 is 2.26 bits per heavy atom. The fourth-order valence-corrected chi connectivity index (χ4v) is 11.1. The maximum absolute atomic E-state index is 12.1. The van der Waals surface area contributed by atoms with Crippen molar-refractivity contribution < 1.29 is 14.6 Å². The molecule has 0 saturated heterocycles. The maximum Gasteiger partial charge on any atom is 0.302 e. The van der Waals surface area contributed by atoms with Crippen molar-refractivity contribution >= 4 is 5.97 Å². The van der Waals surface area contributed by atoms with Crippen LogP contribution in [0.5, 0.6) is 0 Å². The smallest absolute Gasteiger partial charge is 0.302 e.